The van der Waals surface area contributed by atoms with Gasteiger partial charge in [0.2, 0.25) is 5.95 Å². The van der Waals surface area contributed by atoms with Gasteiger partial charge >= 0.3 is 0 Å². The van der Waals surface area contributed by atoms with Crippen molar-refractivity contribution in [1.29, 1.82) is 0 Å². The van der Waals surface area contributed by atoms with Gasteiger partial charge in [-0.3, -0.25) is 4.79 Å². The topological polar surface area (TPSA) is 85.4 Å². The molecule has 0 spiro atoms. The van der Waals surface area contributed by atoms with Gasteiger partial charge in [-0.1, -0.05) is 18.2 Å². The predicted molar refractivity (Wildman–Crippen MR) is 103 cm³/mol. The van der Waals surface area contributed by atoms with Crippen LogP contribution in [0.2, 0.25) is 0 Å². The van der Waals surface area contributed by atoms with Crippen LogP contribution in [-0.4, -0.2) is 30.1 Å². The number of hydrogen-bond acceptors (Lipinski definition) is 6. The van der Waals surface area contributed by atoms with E-state index in [1.54, 1.807) is 26.4 Å². The minimum atomic E-state index is -0.509. The Hall–Kier alpha value is -3.68. The van der Waals surface area contributed by atoms with Crippen molar-refractivity contribution in [3.05, 3.63) is 71.8 Å². The highest BCUT2D eigenvalue weighted by Crippen LogP contribution is 2.27. The second-order valence-corrected chi connectivity index (χ2v) is 5.77. The van der Waals surface area contributed by atoms with Crippen molar-refractivity contribution in [2.75, 3.05) is 24.9 Å². The molecule has 0 saturated carbocycles. The number of benzene rings is 2. The molecule has 1 amide bonds. The van der Waals surface area contributed by atoms with E-state index in [0.717, 1.165) is 5.56 Å². The fourth-order valence-electron chi connectivity index (χ4n) is 2.47. The normalized spacial score (nSPS) is 10.2. The van der Waals surface area contributed by atoms with E-state index in [1.165, 1.54) is 24.5 Å². The number of nitrogens with zero attached hydrogens (tertiary/aromatic N) is 2. The summed E-state index contributed by atoms with van der Waals surface area (Å²) in [4.78, 5) is 20.4. The minimum Gasteiger partial charge on any atom is -0.493 e. The standard InChI is InChI=1S/C20H19FN4O3/c1-27-17-8-7-13(9-18(17)28-2)10-22-20-23-11-14(12-24-20)19(26)25-16-6-4-3-5-15(16)21/h3-9,11-12H,10H2,1-2H3,(H,25,26)(H,22,23,24). The molecular formula is C20H19FN4O3. The Morgan fingerprint density at radius 3 is 2.43 bits per heavy atom. The second-order valence-electron chi connectivity index (χ2n) is 5.77. The van der Waals surface area contributed by atoms with Crippen LogP contribution in [0.1, 0.15) is 15.9 Å². The molecule has 8 heteroatoms. The maximum Gasteiger partial charge on any atom is 0.258 e. The molecule has 2 aromatic carbocycles. The number of rotatable bonds is 7. The molecule has 2 N–H and O–H groups in total. The molecule has 0 unspecified atom stereocenters. The van der Waals surface area contributed by atoms with Crippen LogP contribution in [-0.2, 0) is 6.54 Å². The molecule has 7 nitrogen and oxygen atoms in total. The van der Waals surface area contributed by atoms with Gasteiger partial charge in [-0.2, -0.15) is 0 Å². The van der Waals surface area contributed by atoms with E-state index in [0.29, 0.717) is 24.0 Å². The number of halogens is 1. The molecule has 1 heterocycles. The number of methoxy groups -OCH3 is 2. The molecule has 0 radical (unpaired) electrons. The molecule has 28 heavy (non-hydrogen) atoms. The second kappa shape index (κ2) is 8.81. The Kier molecular flexibility index (Phi) is 6.01. The molecule has 0 saturated heterocycles. The summed E-state index contributed by atoms with van der Waals surface area (Å²) in [6.45, 7) is 0.459. The number of amides is 1. The van der Waals surface area contributed by atoms with Crippen molar-refractivity contribution < 1.29 is 18.7 Å². The molecule has 3 rings (SSSR count). The van der Waals surface area contributed by atoms with Crippen LogP contribution in [0.3, 0.4) is 0 Å². The highest BCUT2D eigenvalue weighted by atomic mass is 19.1. The van der Waals surface area contributed by atoms with Crippen LogP contribution >= 0.6 is 0 Å². The molecule has 0 atom stereocenters. The van der Waals surface area contributed by atoms with Gasteiger partial charge in [0.15, 0.2) is 11.5 Å². The zero-order valence-corrected chi connectivity index (χ0v) is 15.4. The quantitative estimate of drug-likeness (QED) is 0.651. The minimum absolute atomic E-state index is 0.100. The molecule has 0 aliphatic carbocycles. The zero-order valence-electron chi connectivity index (χ0n) is 15.4. The Labute approximate surface area is 161 Å². The van der Waals surface area contributed by atoms with Crippen molar-refractivity contribution in [2.45, 2.75) is 6.54 Å². The summed E-state index contributed by atoms with van der Waals surface area (Å²) < 4.78 is 24.1. The first-order chi connectivity index (χ1) is 13.6. The van der Waals surface area contributed by atoms with E-state index < -0.39 is 11.7 Å². The van der Waals surface area contributed by atoms with Gasteiger partial charge in [0.05, 0.1) is 25.5 Å². The Balaban J connectivity index is 1.61. The Bertz CT molecular complexity index is 964. The van der Waals surface area contributed by atoms with E-state index in [2.05, 4.69) is 20.6 Å². The molecule has 3 aromatic rings. The van der Waals surface area contributed by atoms with Gasteiger partial charge in [-0.15, -0.1) is 0 Å². The Morgan fingerprint density at radius 1 is 1.04 bits per heavy atom. The lowest BCUT2D eigenvalue weighted by molar-refractivity contribution is 0.102. The van der Waals surface area contributed by atoms with Crippen LogP contribution in [0.5, 0.6) is 11.5 Å². The molecule has 144 valence electrons. The Morgan fingerprint density at radius 2 is 1.75 bits per heavy atom. The first-order valence-electron chi connectivity index (χ1n) is 8.43. The van der Waals surface area contributed by atoms with Crippen molar-refractivity contribution >= 4 is 17.5 Å². The summed E-state index contributed by atoms with van der Waals surface area (Å²) in [6.07, 6.45) is 2.75. The molecule has 0 aliphatic heterocycles. The highest BCUT2D eigenvalue weighted by molar-refractivity contribution is 6.03. The smallest absolute Gasteiger partial charge is 0.258 e. The lowest BCUT2D eigenvalue weighted by Gasteiger charge is -2.10. The molecule has 0 bridgehead atoms. The average Bonchev–Trinajstić information content (AvgIpc) is 2.74. The van der Waals surface area contributed by atoms with Crippen LogP contribution in [0, 0.1) is 5.82 Å². The van der Waals surface area contributed by atoms with Crippen molar-refractivity contribution in [2.24, 2.45) is 0 Å². The number of para-hydroxylation sites is 1. The maximum atomic E-state index is 13.6. The summed E-state index contributed by atoms with van der Waals surface area (Å²) in [5.41, 5.74) is 1.27. The lowest BCUT2D eigenvalue weighted by atomic mass is 10.2. The van der Waals surface area contributed by atoms with E-state index in [4.69, 9.17) is 9.47 Å². The monoisotopic (exact) mass is 382 g/mol. The van der Waals surface area contributed by atoms with Gasteiger partial charge < -0.3 is 20.1 Å². The third-order valence-corrected chi connectivity index (χ3v) is 3.93. The summed E-state index contributed by atoms with van der Waals surface area (Å²) in [5, 5.41) is 5.55. The molecule has 0 aliphatic rings. The number of hydrogen-bond donors (Lipinski definition) is 2. The van der Waals surface area contributed by atoms with E-state index in [1.807, 2.05) is 18.2 Å². The fourth-order valence-corrected chi connectivity index (χ4v) is 2.47. The summed E-state index contributed by atoms with van der Waals surface area (Å²) >= 11 is 0. The van der Waals surface area contributed by atoms with Crippen LogP contribution in [0.15, 0.2) is 54.9 Å². The SMILES string of the molecule is COc1ccc(CNc2ncc(C(=O)Nc3ccccc3F)cn2)cc1OC. The first kappa shape index (κ1) is 19.1. The van der Waals surface area contributed by atoms with Crippen molar-refractivity contribution in [3.63, 3.8) is 0 Å². The van der Waals surface area contributed by atoms with Crippen LogP contribution in [0.4, 0.5) is 16.0 Å². The highest BCUT2D eigenvalue weighted by Gasteiger charge is 2.10. The van der Waals surface area contributed by atoms with E-state index in [9.17, 15) is 9.18 Å². The summed E-state index contributed by atoms with van der Waals surface area (Å²) in [5.74, 6) is 0.634. The summed E-state index contributed by atoms with van der Waals surface area (Å²) in [6, 6.07) is 11.5. The van der Waals surface area contributed by atoms with E-state index in [-0.39, 0.29) is 11.3 Å². The fraction of sp³-hybridized carbons (Fsp3) is 0.150. The molecule has 1 aromatic heterocycles. The number of carbonyl (C=O) groups excluding carboxylic acids is 1. The van der Waals surface area contributed by atoms with Crippen molar-refractivity contribution in [1.82, 2.24) is 9.97 Å². The molecule has 0 fully saturated rings. The van der Waals surface area contributed by atoms with Gasteiger partial charge in [-0.05, 0) is 29.8 Å². The van der Waals surface area contributed by atoms with Gasteiger partial charge in [0, 0.05) is 18.9 Å². The van der Waals surface area contributed by atoms with Gasteiger partial charge in [0.1, 0.15) is 5.82 Å². The summed E-state index contributed by atoms with van der Waals surface area (Å²) in [7, 11) is 3.15. The zero-order chi connectivity index (χ0) is 19.9. The number of aromatic nitrogens is 2. The number of anilines is 2. The number of nitrogens with one attached hydrogen (secondary N) is 2. The maximum absolute atomic E-state index is 13.6. The third-order valence-electron chi connectivity index (χ3n) is 3.93. The van der Waals surface area contributed by atoms with Crippen LogP contribution < -0.4 is 20.1 Å². The largest absolute Gasteiger partial charge is 0.493 e. The van der Waals surface area contributed by atoms with Crippen LogP contribution in [0.25, 0.3) is 0 Å². The number of ether oxygens (including phenoxy) is 2. The van der Waals surface area contributed by atoms with Crippen molar-refractivity contribution in [3.8, 4) is 11.5 Å². The lowest BCUT2D eigenvalue weighted by Crippen LogP contribution is -2.14. The molecular weight excluding hydrogens is 363 g/mol. The average molecular weight is 382 g/mol. The van der Waals surface area contributed by atoms with Gasteiger partial charge in [0.25, 0.3) is 5.91 Å². The first-order valence-corrected chi connectivity index (χ1v) is 8.43. The number of carbonyl (C=O) groups is 1. The predicted octanol–water partition coefficient (Wildman–Crippen LogP) is 3.50. The third kappa shape index (κ3) is 4.53. The van der Waals surface area contributed by atoms with E-state index >= 15 is 0 Å². The van der Waals surface area contributed by atoms with Gasteiger partial charge in [-0.25, -0.2) is 14.4 Å².